The van der Waals surface area contributed by atoms with Gasteiger partial charge in [0.05, 0.1) is 11.0 Å². The summed E-state index contributed by atoms with van der Waals surface area (Å²) in [4.78, 5) is 43.5. The summed E-state index contributed by atoms with van der Waals surface area (Å²) in [5, 5.41) is 14.7. The number of amides is 2. The van der Waals surface area contributed by atoms with Gasteiger partial charge in [-0.05, 0) is 37.8 Å². The number of aliphatic imine (C=N–C) groups is 1. The standard InChI is InChI=1S/C38H69N7O4/c1-3-5-7-9-11-13-15-17-19-21-28-44(29-22-20-18-16-14-12-10-8-6-4-2)37(47)32-25-26-33(35(30-32)45(48)49)31-43-36(46)34(39)24-23-27-42-38(40)41/h25-26,30,34H,3-24,27-29,31,39H2,1-2H3,(H,43,46)(H4,40,41,42)/t34-/m0/s1. The van der Waals surface area contributed by atoms with Crippen molar-refractivity contribution in [3.05, 3.63) is 39.4 Å². The molecule has 0 fully saturated rings. The number of unbranched alkanes of at least 4 members (excludes halogenated alkanes) is 18. The van der Waals surface area contributed by atoms with Crippen LogP contribution in [0.4, 0.5) is 5.69 Å². The molecule has 7 N–H and O–H groups in total. The second kappa shape index (κ2) is 28.6. The Balaban J connectivity index is 2.76. The zero-order valence-electron chi connectivity index (χ0n) is 30.9. The molecule has 1 aromatic rings. The van der Waals surface area contributed by atoms with Crippen LogP contribution in [0.15, 0.2) is 23.2 Å². The lowest BCUT2D eigenvalue weighted by atomic mass is 10.0. The van der Waals surface area contributed by atoms with Crippen molar-refractivity contribution in [2.75, 3.05) is 19.6 Å². The molecule has 0 radical (unpaired) electrons. The van der Waals surface area contributed by atoms with Gasteiger partial charge in [0, 0.05) is 43.4 Å². The van der Waals surface area contributed by atoms with Crippen LogP contribution in [0.3, 0.4) is 0 Å². The van der Waals surface area contributed by atoms with E-state index in [9.17, 15) is 19.7 Å². The molecule has 0 saturated heterocycles. The molecule has 0 unspecified atom stereocenters. The first-order chi connectivity index (χ1) is 23.7. The average molecular weight is 688 g/mol. The first-order valence-corrected chi connectivity index (χ1v) is 19.4. The second-order valence-electron chi connectivity index (χ2n) is 13.5. The number of hydrogen-bond acceptors (Lipinski definition) is 6. The highest BCUT2D eigenvalue weighted by atomic mass is 16.6. The zero-order chi connectivity index (χ0) is 36.1. The molecule has 0 aliphatic carbocycles. The number of nitro benzene ring substituents is 1. The van der Waals surface area contributed by atoms with Crippen molar-refractivity contribution in [1.82, 2.24) is 10.2 Å². The molecule has 11 heteroatoms. The highest BCUT2D eigenvalue weighted by Gasteiger charge is 2.22. The number of benzene rings is 1. The third-order valence-electron chi connectivity index (χ3n) is 9.14. The molecule has 49 heavy (non-hydrogen) atoms. The first kappa shape index (κ1) is 43.8. The molecule has 0 bridgehead atoms. The van der Waals surface area contributed by atoms with Crippen LogP contribution in [0.25, 0.3) is 0 Å². The minimum Gasteiger partial charge on any atom is -0.370 e. The molecule has 0 aliphatic heterocycles. The van der Waals surface area contributed by atoms with Gasteiger partial charge in [0.2, 0.25) is 5.91 Å². The summed E-state index contributed by atoms with van der Waals surface area (Å²) in [6, 6.07) is 3.76. The maximum absolute atomic E-state index is 13.7. The molecule has 1 rings (SSSR count). The summed E-state index contributed by atoms with van der Waals surface area (Å²) >= 11 is 0. The number of nitrogens with one attached hydrogen (secondary N) is 1. The predicted octanol–water partition coefficient (Wildman–Crippen LogP) is 7.88. The van der Waals surface area contributed by atoms with Crippen LogP contribution in [-0.2, 0) is 11.3 Å². The van der Waals surface area contributed by atoms with Crippen LogP contribution in [0, 0.1) is 10.1 Å². The third kappa shape index (κ3) is 21.5. The fraction of sp³-hybridized carbons (Fsp3) is 0.763. The molecule has 1 atom stereocenters. The number of guanidine groups is 1. The second-order valence-corrected chi connectivity index (χ2v) is 13.5. The number of rotatable bonds is 31. The summed E-state index contributed by atoms with van der Waals surface area (Å²) in [6.45, 7) is 6.08. The maximum Gasteiger partial charge on any atom is 0.275 e. The van der Waals surface area contributed by atoms with Crippen molar-refractivity contribution in [1.29, 1.82) is 0 Å². The van der Waals surface area contributed by atoms with Gasteiger partial charge in [-0.2, -0.15) is 0 Å². The van der Waals surface area contributed by atoms with Crippen molar-refractivity contribution in [3.8, 4) is 0 Å². The first-order valence-electron chi connectivity index (χ1n) is 19.4. The Morgan fingerprint density at radius 3 is 1.69 bits per heavy atom. The van der Waals surface area contributed by atoms with Gasteiger partial charge in [0.25, 0.3) is 11.6 Å². The lowest BCUT2D eigenvalue weighted by Gasteiger charge is -2.23. The average Bonchev–Trinajstić information content (AvgIpc) is 3.09. The van der Waals surface area contributed by atoms with Crippen molar-refractivity contribution in [2.45, 2.75) is 168 Å². The lowest BCUT2D eigenvalue weighted by Crippen LogP contribution is -2.40. The summed E-state index contributed by atoms with van der Waals surface area (Å²) in [6.07, 6.45) is 25.3. The monoisotopic (exact) mass is 688 g/mol. The van der Waals surface area contributed by atoms with Crippen molar-refractivity contribution >= 4 is 23.5 Å². The molecule has 0 aliphatic rings. The Hall–Kier alpha value is -3.21. The fourth-order valence-corrected chi connectivity index (χ4v) is 6.06. The van der Waals surface area contributed by atoms with Crippen LogP contribution in [-0.4, -0.2) is 53.3 Å². The van der Waals surface area contributed by atoms with Gasteiger partial charge in [0.1, 0.15) is 0 Å². The molecular formula is C38H69N7O4. The third-order valence-corrected chi connectivity index (χ3v) is 9.14. The number of nitrogens with zero attached hydrogens (tertiary/aromatic N) is 3. The van der Waals surface area contributed by atoms with E-state index in [1.54, 1.807) is 12.1 Å². The zero-order valence-corrected chi connectivity index (χ0v) is 30.9. The predicted molar refractivity (Wildman–Crippen MR) is 202 cm³/mol. The number of hydrogen-bond donors (Lipinski definition) is 4. The summed E-state index contributed by atoms with van der Waals surface area (Å²) in [7, 11) is 0. The number of carbonyl (C=O) groups excluding carboxylic acids is 2. The van der Waals surface area contributed by atoms with Crippen molar-refractivity contribution in [2.24, 2.45) is 22.2 Å². The van der Waals surface area contributed by atoms with Crippen molar-refractivity contribution < 1.29 is 14.5 Å². The van der Waals surface area contributed by atoms with Gasteiger partial charge in [0.15, 0.2) is 5.96 Å². The normalized spacial score (nSPS) is 11.7. The van der Waals surface area contributed by atoms with E-state index in [-0.39, 0.29) is 24.1 Å². The van der Waals surface area contributed by atoms with Crippen molar-refractivity contribution in [3.63, 3.8) is 0 Å². The molecule has 0 aromatic heterocycles. The van der Waals surface area contributed by atoms with Crippen LogP contribution in [0.5, 0.6) is 0 Å². The van der Waals surface area contributed by atoms with E-state index in [1.165, 1.54) is 109 Å². The molecular weight excluding hydrogens is 618 g/mol. The molecule has 11 nitrogen and oxygen atoms in total. The van der Waals surface area contributed by atoms with Crippen LogP contribution in [0.2, 0.25) is 0 Å². The largest absolute Gasteiger partial charge is 0.370 e. The minimum absolute atomic E-state index is 0.0204. The van der Waals surface area contributed by atoms with Gasteiger partial charge < -0.3 is 27.4 Å². The van der Waals surface area contributed by atoms with E-state index in [0.29, 0.717) is 43.6 Å². The van der Waals surface area contributed by atoms with Gasteiger partial charge in [-0.25, -0.2) is 0 Å². The van der Waals surface area contributed by atoms with E-state index < -0.39 is 16.9 Å². The van der Waals surface area contributed by atoms with E-state index in [0.717, 1.165) is 25.7 Å². The Morgan fingerprint density at radius 1 is 0.776 bits per heavy atom. The topological polar surface area (TPSA) is 183 Å². The smallest absolute Gasteiger partial charge is 0.275 e. The number of carbonyl (C=O) groups is 2. The highest BCUT2D eigenvalue weighted by Crippen LogP contribution is 2.22. The number of nitro groups is 1. The Bertz CT molecular complexity index is 1050. The summed E-state index contributed by atoms with van der Waals surface area (Å²) in [5.41, 5.74) is 17.0. The van der Waals surface area contributed by atoms with Crippen LogP contribution < -0.4 is 22.5 Å². The highest BCUT2D eigenvalue weighted by molar-refractivity contribution is 5.95. The van der Waals surface area contributed by atoms with Gasteiger partial charge in [-0.3, -0.25) is 24.7 Å². The fourth-order valence-electron chi connectivity index (χ4n) is 6.06. The van der Waals surface area contributed by atoms with E-state index >= 15 is 0 Å². The molecule has 0 saturated carbocycles. The molecule has 1 aromatic carbocycles. The van der Waals surface area contributed by atoms with E-state index in [4.69, 9.17) is 17.2 Å². The molecule has 280 valence electrons. The SMILES string of the molecule is CCCCCCCCCCCCN(CCCCCCCCCCCC)C(=O)c1ccc(CNC(=O)[C@@H](N)CCCN=C(N)N)c([N+](=O)[O-])c1. The molecule has 0 heterocycles. The van der Waals surface area contributed by atoms with Crippen LogP contribution in [0.1, 0.15) is 171 Å². The molecule has 2 amide bonds. The quantitative estimate of drug-likeness (QED) is 0.0201. The minimum atomic E-state index is -0.792. The van der Waals surface area contributed by atoms with Gasteiger partial charge in [-0.15, -0.1) is 0 Å². The summed E-state index contributed by atoms with van der Waals surface area (Å²) in [5.74, 6) is -0.611. The van der Waals surface area contributed by atoms with Crippen LogP contribution >= 0.6 is 0 Å². The summed E-state index contributed by atoms with van der Waals surface area (Å²) < 4.78 is 0. The lowest BCUT2D eigenvalue weighted by molar-refractivity contribution is -0.385. The molecule has 0 spiro atoms. The Morgan fingerprint density at radius 2 is 1.24 bits per heavy atom. The maximum atomic E-state index is 13.7. The Labute approximate surface area is 296 Å². The van der Waals surface area contributed by atoms with E-state index in [1.807, 2.05) is 4.90 Å². The Kier molecular flexibility index (Phi) is 25.6. The van der Waals surface area contributed by atoms with Gasteiger partial charge in [-0.1, -0.05) is 129 Å². The van der Waals surface area contributed by atoms with E-state index in [2.05, 4.69) is 24.2 Å². The van der Waals surface area contributed by atoms with Gasteiger partial charge >= 0.3 is 0 Å². The number of nitrogens with two attached hydrogens (primary N) is 3.